The largest absolute Gasteiger partial charge is 0.871 e. The molecule has 258 valence electrons. The lowest BCUT2D eigenvalue weighted by molar-refractivity contribution is -0.298. The third-order valence-corrected chi connectivity index (χ3v) is 10.4. The molecule has 2 aliphatic carbocycles. The fourth-order valence-corrected chi connectivity index (χ4v) is 7.51. The van der Waals surface area contributed by atoms with E-state index in [1.165, 1.54) is 0 Å². The van der Waals surface area contributed by atoms with Crippen LogP contribution >= 0.6 is 0 Å². The van der Waals surface area contributed by atoms with Gasteiger partial charge in [-0.05, 0) is 70.5 Å². The van der Waals surface area contributed by atoms with Gasteiger partial charge in [-0.3, -0.25) is 9.59 Å². The van der Waals surface area contributed by atoms with Crippen molar-refractivity contribution in [2.24, 2.45) is 0 Å². The highest BCUT2D eigenvalue weighted by atomic mass is 16.3. The summed E-state index contributed by atoms with van der Waals surface area (Å²) in [7, 11) is 0. The average molecular weight is 683 g/mol. The Morgan fingerprint density at radius 3 is 1.19 bits per heavy atom. The number of para-hydroxylation sites is 2. The molecule has 0 spiro atoms. The zero-order valence-corrected chi connectivity index (χ0v) is 29.3. The number of ketones is 2. The molecule has 0 fully saturated rings. The molecule has 4 aromatic carbocycles. The summed E-state index contributed by atoms with van der Waals surface area (Å²) in [4.78, 5) is 31.3. The van der Waals surface area contributed by atoms with Gasteiger partial charge in [-0.2, -0.15) is 0 Å². The molecular formula is C46H38N2O4-2. The second kappa shape index (κ2) is 13.5. The highest BCUT2D eigenvalue weighted by Crippen LogP contribution is 2.43. The summed E-state index contributed by atoms with van der Waals surface area (Å²) in [6, 6.07) is 30.9. The number of carbonyl (C=O) groups is 2. The molecule has 6 heteroatoms. The molecule has 0 N–H and O–H groups in total. The maximum atomic E-state index is 13.5. The smallest absolute Gasteiger partial charge is 0.194 e. The van der Waals surface area contributed by atoms with Gasteiger partial charge in [0, 0.05) is 46.8 Å². The van der Waals surface area contributed by atoms with E-state index in [1.807, 2.05) is 121 Å². The predicted molar refractivity (Wildman–Crippen MR) is 205 cm³/mol. The summed E-state index contributed by atoms with van der Waals surface area (Å²) >= 11 is 0. The molecule has 0 atom stereocenters. The van der Waals surface area contributed by atoms with E-state index in [0.29, 0.717) is 22.5 Å². The monoisotopic (exact) mass is 682 g/mol. The lowest BCUT2D eigenvalue weighted by Gasteiger charge is -2.38. The third-order valence-electron chi connectivity index (χ3n) is 10.4. The summed E-state index contributed by atoms with van der Waals surface area (Å²) in [6.45, 7) is 5.71. The zero-order chi connectivity index (χ0) is 35.9. The Kier molecular flexibility index (Phi) is 8.59. The first-order chi connectivity index (χ1) is 25.4. The standard InChI is InChI=1S/C46H40N2O4/c1-3-5-27-47-35-13-9-7-11-31(35)23-25-37(47)41-43(49)39(44(41)50)33-19-15-29(16-20-33)30-17-21-34(22-18-30)40-45(51)42(46(40)52)38-26-24-32-12-8-10-14-36(32)48(38)28-6-4-2/h7-26,49,51H,3-6,27-28H2,1-2H3/p-2. The number of allylic oxidation sites excluding steroid dienone is 6. The van der Waals surface area contributed by atoms with E-state index in [4.69, 9.17) is 0 Å². The van der Waals surface area contributed by atoms with Crippen LogP contribution in [-0.4, -0.2) is 24.7 Å². The van der Waals surface area contributed by atoms with Crippen molar-refractivity contribution in [2.45, 2.75) is 39.5 Å². The minimum absolute atomic E-state index is 0.208. The lowest BCUT2D eigenvalue weighted by atomic mass is 9.80. The Balaban J connectivity index is 1.03. The predicted octanol–water partition coefficient (Wildman–Crippen LogP) is 7.84. The second-order valence-electron chi connectivity index (χ2n) is 13.5. The maximum Gasteiger partial charge on any atom is 0.194 e. The average Bonchev–Trinajstić information content (AvgIpc) is 3.17. The van der Waals surface area contributed by atoms with Crippen LogP contribution in [0.3, 0.4) is 0 Å². The first kappa shape index (κ1) is 33.0. The number of nitrogens with zero attached hydrogens (tertiary/aromatic N) is 2. The van der Waals surface area contributed by atoms with Crippen LogP contribution < -0.4 is 20.0 Å². The van der Waals surface area contributed by atoms with Gasteiger partial charge in [-0.25, -0.2) is 0 Å². The summed E-state index contributed by atoms with van der Waals surface area (Å²) in [5.41, 5.74) is 9.36. The molecular weight excluding hydrogens is 645 g/mol. The number of carbonyl (C=O) groups excluding carboxylic acids is 2. The third kappa shape index (κ3) is 5.43. The van der Waals surface area contributed by atoms with Crippen molar-refractivity contribution in [1.82, 2.24) is 0 Å². The van der Waals surface area contributed by atoms with Gasteiger partial charge < -0.3 is 20.0 Å². The van der Waals surface area contributed by atoms with Crippen LogP contribution in [0.25, 0.3) is 34.4 Å². The van der Waals surface area contributed by atoms with Crippen molar-refractivity contribution in [1.29, 1.82) is 0 Å². The number of fused-ring (bicyclic) bond motifs is 2. The maximum absolute atomic E-state index is 13.5. The van der Waals surface area contributed by atoms with Gasteiger partial charge >= 0.3 is 0 Å². The fourth-order valence-electron chi connectivity index (χ4n) is 7.51. The van der Waals surface area contributed by atoms with Crippen LogP contribution in [0.1, 0.15) is 61.8 Å². The number of hydrogen-bond acceptors (Lipinski definition) is 6. The van der Waals surface area contributed by atoms with E-state index in [9.17, 15) is 19.8 Å². The highest BCUT2D eigenvalue weighted by Gasteiger charge is 2.35. The van der Waals surface area contributed by atoms with Gasteiger partial charge in [0.1, 0.15) is 0 Å². The SMILES string of the molecule is CCCCN1C(=C2C(=O)C(c3ccc(-c4ccc(C5=C([O-])C(=C6C=Cc7ccccc7N6CCCC)C5=O)cc4)cc3)=C2[O-])C=Cc2ccccc21. The molecule has 4 aliphatic rings. The fraction of sp³-hybridized carbons (Fsp3) is 0.174. The number of unbranched alkanes of at least 4 members (excludes halogenated alkanes) is 2. The van der Waals surface area contributed by atoms with E-state index in [0.717, 1.165) is 72.4 Å². The van der Waals surface area contributed by atoms with Crippen LogP contribution in [0.4, 0.5) is 11.4 Å². The molecule has 2 aliphatic heterocycles. The summed E-state index contributed by atoms with van der Waals surface area (Å²) < 4.78 is 0. The van der Waals surface area contributed by atoms with Gasteiger partial charge in [-0.15, -0.1) is 0 Å². The quantitative estimate of drug-likeness (QED) is 0.167. The summed E-state index contributed by atoms with van der Waals surface area (Å²) in [5.74, 6) is -0.925. The van der Waals surface area contributed by atoms with Gasteiger partial charge in [0.25, 0.3) is 0 Å². The Hall–Kier alpha value is -6.14. The molecule has 0 radical (unpaired) electrons. The van der Waals surface area contributed by atoms with E-state index in [-0.39, 0.29) is 45.4 Å². The molecule has 6 nitrogen and oxygen atoms in total. The van der Waals surface area contributed by atoms with Crippen LogP contribution in [0.15, 0.2) is 143 Å². The van der Waals surface area contributed by atoms with Crippen LogP contribution in [0, 0.1) is 0 Å². The number of benzene rings is 4. The molecule has 0 bridgehead atoms. The van der Waals surface area contributed by atoms with Crippen LogP contribution in [0.5, 0.6) is 0 Å². The molecule has 0 amide bonds. The zero-order valence-electron chi connectivity index (χ0n) is 29.3. The first-order valence-electron chi connectivity index (χ1n) is 18.1. The van der Waals surface area contributed by atoms with Gasteiger partial charge in [0.15, 0.2) is 11.6 Å². The number of Topliss-reactive ketones (excluding diaryl/α,β-unsaturated/α-hetero) is 2. The molecule has 52 heavy (non-hydrogen) atoms. The lowest BCUT2D eigenvalue weighted by Crippen LogP contribution is -2.35. The highest BCUT2D eigenvalue weighted by molar-refractivity contribution is 6.40. The van der Waals surface area contributed by atoms with E-state index >= 15 is 0 Å². The Labute approximate surface area is 304 Å². The van der Waals surface area contributed by atoms with Crippen LogP contribution in [0.2, 0.25) is 0 Å². The van der Waals surface area contributed by atoms with E-state index in [1.54, 1.807) is 0 Å². The number of rotatable bonds is 9. The molecule has 2 heterocycles. The second-order valence-corrected chi connectivity index (χ2v) is 13.5. The van der Waals surface area contributed by atoms with E-state index in [2.05, 4.69) is 23.6 Å². The van der Waals surface area contributed by atoms with Crippen molar-refractivity contribution in [3.63, 3.8) is 0 Å². The molecule has 0 saturated carbocycles. The molecule has 0 saturated heterocycles. The summed E-state index contributed by atoms with van der Waals surface area (Å²) in [6.07, 6.45) is 11.6. The van der Waals surface area contributed by atoms with E-state index < -0.39 is 0 Å². The molecule has 0 unspecified atom stereocenters. The van der Waals surface area contributed by atoms with Crippen LogP contribution in [-0.2, 0) is 9.59 Å². The molecule has 8 rings (SSSR count). The van der Waals surface area contributed by atoms with Crippen molar-refractivity contribution >= 4 is 46.2 Å². The number of hydrogen-bond donors (Lipinski definition) is 0. The van der Waals surface area contributed by atoms with Crippen molar-refractivity contribution < 1.29 is 19.8 Å². The first-order valence-corrected chi connectivity index (χ1v) is 18.1. The number of anilines is 2. The van der Waals surface area contributed by atoms with Crippen molar-refractivity contribution in [3.05, 3.63) is 166 Å². The Morgan fingerprint density at radius 2 is 0.827 bits per heavy atom. The topological polar surface area (TPSA) is 86.7 Å². The van der Waals surface area contributed by atoms with Gasteiger partial charge in [0.2, 0.25) is 0 Å². The van der Waals surface area contributed by atoms with Gasteiger partial charge in [-0.1, -0.05) is 135 Å². The van der Waals surface area contributed by atoms with Gasteiger partial charge in [0.05, 0.1) is 11.4 Å². The molecule has 0 aromatic heterocycles. The van der Waals surface area contributed by atoms with Crippen molar-refractivity contribution in [3.8, 4) is 11.1 Å². The minimum Gasteiger partial charge on any atom is -0.871 e. The minimum atomic E-state index is -0.231. The summed E-state index contributed by atoms with van der Waals surface area (Å²) in [5, 5.41) is 27.1. The van der Waals surface area contributed by atoms with Crippen molar-refractivity contribution in [2.75, 3.05) is 22.9 Å². The Morgan fingerprint density at radius 1 is 0.462 bits per heavy atom. The molecule has 4 aromatic rings. The Bertz CT molecular complexity index is 2150. The normalized spacial score (nSPS) is 19.2.